The molecule has 0 bridgehead atoms. The summed E-state index contributed by atoms with van der Waals surface area (Å²) in [5.74, 6) is 2.75. The van der Waals surface area contributed by atoms with Gasteiger partial charge < -0.3 is 0 Å². The lowest BCUT2D eigenvalue weighted by Gasteiger charge is -2.09. The molecule has 0 atom stereocenters. The molecule has 4 rings (SSSR count). The normalized spacial score (nSPS) is 11.2. The summed E-state index contributed by atoms with van der Waals surface area (Å²) in [6, 6.07) is 16.8. The predicted octanol–water partition coefficient (Wildman–Crippen LogP) is 5.25. The van der Waals surface area contributed by atoms with Crippen LogP contribution >= 0.6 is 0 Å². The van der Waals surface area contributed by atoms with E-state index < -0.39 is 0 Å². The Morgan fingerprint density at radius 2 is 1.62 bits per heavy atom. The molecule has 32 heavy (non-hydrogen) atoms. The van der Waals surface area contributed by atoms with E-state index in [1.807, 2.05) is 18.2 Å². The summed E-state index contributed by atoms with van der Waals surface area (Å²) in [6.45, 7) is 5.18. The standard InChI is InChI=1S/C25H31N7/c1-3-5-7-13-24-26-23(12-6-4-2)29-32(24)18-19-14-16-20(17-15-19)21-10-8-9-11-22(21)25-27-30-31-28-25/h8-11,14-17H,3-7,12-13,18H2,1-2H3,(H,27,28,30,31). The Balaban J connectivity index is 1.54. The maximum Gasteiger partial charge on any atom is 0.180 e. The lowest BCUT2D eigenvalue weighted by molar-refractivity contribution is 0.602. The summed E-state index contributed by atoms with van der Waals surface area (Å²) in [6.07, 6.45) is 7.84. The molecular formula is C25H31N7. The van der Waals surface area contributed by atoms with Crippen molar-refractivity contribution in [2.75, 3.05) is 0 Å². The lowest BCUT2D eigenvalue weighted by Crippen LogP contribution is -2.07. The molecule has 0 unspecified atom stereocenters. The van der Waals surface area contributed by atoms with E-state index in [9.17, 15) is 0 Å². The van der Waals surface area contributed by atoms with Crippen molar-refractivity contribution in [3.05, 3.63) is 65.7 Å². The van der Waals surface area contributed by atoms with E-state index in [-0.39, 0.29) is 0 Å². The van der Waals surface area contributed by atoms with Crippen molar-refractivity contribution in [3.63, 3.8) is 0 Å². The van der Waals surface area contributed by atoms with Gasteiger partial charge in [-0.1, -0.05) is 81.6 Å². The zero-order valence-corrected chi connectivity index (χ0v) is 19.0. The van der Waals surface area contributed by atoms with Gasteiger partial charge in [0.25, 0.3) is 0 Å². The first kappa shape index (κ1) is 21.9. The number of unbranched alkanes of at least 4 members (excludes halogenated alkanes) is 3. The fraction of sp³-hybridized carbons (Fsp3) is 0.400. The molecule has 0 aliphatic heterocycles. The van der Waals surface area contributed by atoms with Crippen molar-refractivity contribution in [2.45, 2.75) is 65.3 Å². The minimum atomic E-state index is 0.670. The Labute approximate surface area is 189 Å². The van der Waals surface area contributed by atoms with Crippen molar-refractivity contribution in [1.82, 2.24) is 35.4 Å². The molecule has 0 spiro atoms. The first-order valence-corrected chi connectivity index (χ1v) is 11.6. The zero-order valence-electron chi connectivity index (χ0n) is 19.0. The molecule has 2 aromatic heterocycles. The monoisotopic (exact) mass is 429 g/mol. The third kappa shape index (κ3) is 5.28. The van der Waals surface area contributed by atoms with Gasteiger partial charge in [0.05, 0.1) is 6.54 Å². The molecule has 0 amide bonds. The van der Waals surface area contributed by atoms with Crippen molar-refractivity contribution >= 4 is 0 Å². The second kappa shape index (κ2) is 10.8. The molecule has 166 valence electrons. The molecule has 0 saturated heterocycles. The Hall–Kier alpha value is -3.35. The van der Waals surface area contributed by atoms with E-state index >= 15 is 0 Å². The maximum absolute atomic E-state index is 4.85. The molecule has 1 N–H and O–H groups in total. The number of aromatic amines is 1. The highest BCUT2D eigenvalue weighted by atomic mass is 15.5. The van der Waals surface area contributed by atoms with Crippen LogP contribution in [0.2, 0.25) is 0 Å². The van der Waals surface area contributed by atoms with Crippen molar-refractivity contribution in [1.29, 1.82) is 0 Å². The molecule has 0 aliphatic carbocycles. The van der Waals surface area contributed by atoms with Crippen LogP contribution in [-0.4, -0.2) is 35.4 Å². The van der Waals surface area contributed by atoms with Gasteiger partial charge in [0.1, 0.15) is 5.82 Å². The SMILES string of the molecule is CCCCCc1nc(CCCC)nn1Cc1ccc(-c2ccccc2-c2nnn[nH]2)cc1. The molecule has 2 aromatic carbocycles. The van der Waals surface area contributed by atoms with E-state index in [1.165, 1.54) is 18.4 Å². The Morgan fingerprint density at radius 3 is 2.34 bits per heavy atom. The summed E-state index contributed by atoms with van der Waals surface area (Å²) >= 11 is 0. The molecule has 4 aromatic rings. The number of benzene rings is 2. The summed E-state index contributed by atoms with van der Waals surface area (Å²) in [5, 5.41) is 19.2. The van der Waals surface area contributed by atoms with Crippen molar-refractivity contribution in [3.8, 4) is 22.5 Å². The molecular weight excluding hydrogens is 398 g/mol. The minimum absolute atomic E-state index is 0.670. The van der Waals surface area contributed by atoms with Crippen LogP contribution in [0.1, 0.15) is 63.2 Å². The van der Waals surface area contributed by atoms with Crippen LogP contribution < -0.4 is 0 Å². The van der Waals surface area contributed by atoms with E-state index in [1.54, 1.807) is 0 Å². The van der Waals surface area contributed by atoms with Gasteiger partial charge in [0.15, 0.2) is 11.6 Å². The topological polar surface area (TPSA) is 85.2 Å². The fourth-order valence-electron chi connectivity index (χ4n) is 3.89. The minimum Gasteiger partial charge on any atom is -0.245 e. The van der Waals surface area contributed by atoms with Crippen LogP contribution in [0.15, 0.2) is 48.5 Å². The average Bonchev–Trinajstić information content (AvgIpc) is 3.49. The molecule has 0 fully saturated rings. The maximum atomic E-state index is 4.85. The van der Waals surface area contributed by atoms with Crippen LogP contribution in [-0.2, 0) is 19.4 Å². The van der Waals surface area contributed by atoms with Gasteiger partial charge in [0, 0.05) is 18.4 Å². The van der Waals surface area contributed by atoms with Crippen LogP contribution in [0.4, 0.5) is 0 Å². The highest BCUT2D eigenvalue weighted by Gasteiger charge is 2.12. The van der Waals surface area contributed by atoms with Crippen LogP contribution in [0, 0.1) is 0 Å². The number of nitrogens with zero attached hydrogens (tertiary/aromatic N) is 6. The smallest absolute Gasteiger partial charge is 0.180 e. The van der Waals surface area contributed by atoms with Crippen LogP contribution in [0.5, 0.6) is 0 Å². The quantitative estimate of drug-likeness (QED) is 0.329. The molecule has 7 heteroatoms. The lowest BCUT2D eigenvalue weighted by atomic mass is 9.98. The molecule has 0 aliphatic rings. The second-order valence-electron chi connectivity index (χ2n) is 8.15. The molecule has 7 nitrogen and oxygen atoms in total. The second-order valence-corrected chi connectivity index (χ2v) is 8.15. The number of hydrogen-bond donors (Lipinski definition) is 1. The highest BCUT2D eigenvalue weighted by molar-refractivity contribution is 5.80. The number of nitrogens with one attached hydrogen (secondary N) is 1. The summed E-state index contributed by atoms with van der Waals surface area (Å²) in [4.78, 5) is 4.85. The Bertz CT molecular complexity index is 1100. The summed E-state index contributed by atoms with van der Waals surface area (Å²) < 4.78 is 2.10. The first-order valence-electron chi connectivity index (χ1n) is 11.6. The average molecular weight is 430 g/mol. The number of tetrazole rings is 1. The summed E-state index contributed by atoms with van der Waals surface area (Å²) in [7, 11) is 0. The van der Waals surface area contributed by atoms with Crippen LogP contribution in [0.25, 0.3) is 22.5 Å². The molecule has 0 saturated carbocycles. The third-order valence-electron chi connectivity index (χ3n) is 5.67. The third-order valence-corrected chi connectivity index (χ3v) is 5.67. The Morgan fingerprint density at radius 1 is 0.844 bits per heavy atom. The number of rotatable bonds is 11. The highest BCUT2D eigenvalue weighted by Crippen LogP contribution is 2.29. The fourth-order valence-corrected chi connectivity index (χ4v) is 3.89. The van der Waals surface area contributed by atoms with Crippen molar-refractivity contribution < 1.29 is 0 Å². The van der Waals surface area contributed by atoms with E-state index in [0.29, 0.717) is 5.82 Å². The largest absolute Gasteiger partial charge is 0.245 e. The number of H-pyrrole nitrogens is 1. The van der Waals surface area contributed by atoms with Gasteiger partial charge >= 0.3 is 0 Å². The van der Waals surface area contributed by atoms with Crippen molar-refractivity contribution in [2.24, 2.45) is 0 Å². The zero-order chi connectivity index (χ0) is 22.2. The number of hydrogen-bond acceptors (Lipinski definition) is 5. The Kier molecular flexibility index (Phi) is 7.38. The van der Waals surface area contributed by atoms with Gasteiger partial charge in [-0.3, -0.25) is 0 Å². The van der Waals surface area contributed by atoms with Gasteiger partial charge in [-0.05, 0) is 40.0 Å². The van der Waals surface area contributed by atoms with E-state index in [4.69, 9.17) is 10.1 Å². The number of aryl methyl sites for hydroxylation is 2. The summed E-state index contributed by atoms with van der Waals surface area (Å²) in [5.41, 5.74) is 4.43. The van der Waals surface area contributed by atoms with Gasteiger partial charge in [-0.25, -0.2) is 14.8 Å². The van der Waals surface area contributed by atoms with Crippen LogP contribution in [0.3, 0.4) is 0 Å². The van der Waals surface area contributed by atoms with Gasteiger partial charge in [-0.15, -0.1) is 5.10 Å². The molecule has 2 heterocycles. The van der Waals surface area contributed by atoms with Gasteiger partial charge in [-0.2, -0.15) is 5.10 Å². The van der Waals surface area contributed by atoms with E-state index in [0.717, 1.165) is 67.0 Å². The first-order chi connectivity index (χ1) is 15.8. The van der Waals surface area contributed by atoms with E-state index in [2.05, 4.69) is 69.5 Å². The number of aromatic nitrogens is 7. The predicted molar refractivity (Wildman–Crippen MR) is 126 cm³/mol. The molecule has 0 radical (unpaired) electrons. The van der Waals surface area contributed by atoms with Gasteiger partial charge in [0.2, 0.25) is 0 Å².